The van der Waals surface area contributed by atoms with Gasteiger partial charge >= 0.3 is 5.97 Å². The van der Waals surface area contributed by atoms with Crippen molar-refractivity contribution in [1.29, 1.82) is 0 Å². The summed E-state index contributed by atoms with van der Waals surface area (Å²) in [5.41, 5.74) is -0.801. The fourth-order valence-electron chi connectivity index (χ4n) is 1.20. The summed E-state index contributed by atoms with van der Waals surface area (Å²) in [7, 11) is 0. The van der Waals surface area contributed by atoms with E-state index in [-0.39, 0.29) is 16.8 Å². The van der Waals surface area contributed by atoms with Gasteiger partial charge in [0.2, 0.25) is 0 Å². The first kappa shape index (κ1) is 16.4. The smallest absolute Gasteiger partial charge is 0.341 e. The fraction of sp³-hybridized carbons (Fsp3) is 0.250. The Balaban J connectivity index is 3.43. The highest BCUT2D eigenvalue weighted by molar-refractivity contribution is 6.33. The molecule has 20 heavy (non-hydrogen) atoms. The molecule has 0 aliphatic rings. The normalized spacial score (nSPS) is 12.9. The summed E-state index contributed by atoms with van der Waals surface area (Å²) in [4.78, 5) is 18.4. The van der Waals surface area contributed by atoms with E-state index >= 15 is 0 Å². The van der Waals surface area contributed by atoms with Crippen LogP contribution in [0.3, 0.4) is 0 Å². The lowest BCUT2D eigenvalue weighted by atomic mass is 10.1. The molecule has 2 N–H and O–H groups in total. The molecule has 0 aliphatic carbocycles. The van der Waals surface area contributed by atoms with E-state index in [2.05, 4.69) is 9.98 Å². The van der Waals surface area contributed by atoms with E-state index in [0.29, 0.717) is 0 Å². The van der Waals surface area contributed by atoms with Gasteiger partial charge in [0.1, 0.15) is 16.5 Å². The molecule has 0 spiro atoms. The van der Waals surface area contributed by atoms with Crippen LogP contribution in [-0.2, 0) is 4.79 Å². The van der Waals surface area contributed by atoms with Gasteiger partial charge in [-0.05, 0) is 19.9 Å². The topological polar surface area (TPSA) is 82.8 Å². The minimum absolute atomic E-state index is 0.173. The van der Waals surface area contributed by atoms with Crippen LogP contribution in [0.2, 0.25) is 10.3 Å². The van der Waals surface area contributed by atoms with Crippen LogP contribution in [-0.4, -0.2) is 33.4 Å². The molecule has 0 saturated heterocycles. The van der Waals surface area contributed by atoms with Crippen LogP contribution < -0.4 is 0 Å². The molecule has 0 aromatic carbocycles. The summed E-state index contributed by atoms with van der Waals surface area (Å²) >= 11 is 11.1. The van der Waals surface area contributed by atoms with Crippen LogP contribution in [0.5, 0.6) is 0 Å². The first-order valence-electron chi connectivity index (χ1n) is 5.45. The van der Waals surface area contributed by atoms with Crippen LogP contribution in [0.25, 0.3) is 5.76 Å². The predicted molar refractivity (Wildman–Crippen MR) is 75.0 cm³/mol. The van der Waals surface area contributed by atoms with E-state index in [1.54, 1.807) is 13.8 Å². The maximum absolute atomic E-state index is 13.3. The van der Waals surface area contributed by atoms with Crippen LogP contribution in [0.4, 0.5) is 4.39 Å². The molecule has 0 fully saturated rings. The fourth-order valence-corrected chi connectivity index (χ4v) is 1.61. The molecule has 108 valence electrons. The molecule has 0 radical (unpaired) electrons. The number of aromatic nitrogens is 1. The van der Waals surface area contributed by atoms with Gasteiger partial charge in [0.05, 0.1) is 5.56 Å². The van der Waals surface area contributed by atoms with E-state index in [4.69, 9.17) is 28.3 Å². The Bertz CT molecular complexity index is 601. The molecule has 0 saturated carbocycles. The van der Waals surface area contributed by atoms with Gasteiger partial charge in [-0.15, -0.1) is 0 Å². The standard InChI is InChI=1S/C12H11Cl2FN2O3/c1-5(2)16-4-7(12(19)20)9(18)6-3-8(15)11(14)17-10(6)13/h3-5,18H,1-2H3,(H,19,20). The predicted octanol–water partition coefficient (Wildman–Crippen LogP) is 3.36. The highest BCUT2D eigenvalue weighted by atomic mass is 35.5. The van der Waals surface area contributed by atoms with Gasteiger partial charge in [0.15, 0.2) is 11.0 Å². The van der Waals surface area contributed by atoms with Crippen LogP contribution in [0, 0.1) is 5.82 Å². The minimum atomic E-state index is -1.43. The molecule has 5 nitrogen and oxygen atoms in total. The molecular weight excluding hydrogens is 310 g/mol. The van der Waals surface area contributed by atoms with Gasteiger partial charge in [-0.1, -0.05) is 23.2 Å². The Morgan fingerprint density at radius 3 is 2.50 bits per heavy atom. The zero-order valence-corrected chi connectivity index (χ0v) is 12.1. The van der Waals surface area contributed by atoms with Crippen molar-refractivity contribution in [3.05, 3.63) is 33.3 Å². The highest BCUT2D eigenvalue weighted by Crippen LogP contribution is 2.26. The molecule has 1 aromatic rings. The van der Waals surface area contributed by atoms with Crippen LogP contribution >= 0.6 is 23.2 Å². The van der Waals surface area contributed by atoms with Crippen molar-refractivity contribution in [2.24, 2.45) is 4.99 Å². The number of nitrogens with zero attached hydrogens (tertiary/aromatic N) is 2. The van der Waals surface area contributed by atoms with Crippen molar-refractivity contribution in [1.82, 2.24) is 4.98 Å². The summed E-state index contributed by atoms with van der Waals surface area (Å²) in [5, 5.41) is 18.2. The van der Waals surface area contributed by atoms with Crippen molar-refractivity contribution in [3.8, 4) is 0 Å². The Morgan fingerprint density at radius 2 is 2.00 bits per heavy atom. The summed E-state index contributed by atoms with van der Waals surface area (Å²) in [6, 6.07) is 0.631. The van der Waals surface area contributed by atoms with Gasteiger partial charge in [-0.25, -0.2) is 14.2 Å². The zero-order valence-electron chi connectivity index (χ0n) is 10.6. The second-order valence-corrected chi connectivity index (χ2v) is 4.75. The number of carboxylic acid groups (broad SMARTS) is 1. The number of hydrogen-bond acceptors (Lipinski definition) is 4. The maximum atomic E-state index is 13.3. The average molecular weight is 321 g/mol. The summed E-state index contributed by atoms with van der Waals surface area (Å²) < 4.78 is 13.3. The maximum Gasteiger partial charge on any atom is 0.341 e. The second kappa shape index (κ2) is 6.67. The number of aliphatic hydroxyl groups excluding tert-OH is 1. The largest absolute Gasteiger partial charge is 0.506 e. The number of halogens is 3. The average Bonchev–Trinajstić information content (AvgIpc) is 2.32. The molecule has 0 atom stereocenters. The lowest BCUT2D eigenvalue weighted by Crippen LogP contribution is -2.08. The summed E-state index contributed by atoms with van der Waals surface area (Å²) in [5.74, 6) is -3.10. The van der Waals surface area contributed by atoms with Crippen molar-refractivity contribution in [3.63, 3.8) is 0 Å². The van der Waals surface area contributed by atoms with E-state index in [9.17, 15) is 14.3 Å². The van der Waals surface area contributed by atoms with Gasteiger partial charge < -0.3 is 10.2 Å². The molecule has 0 aliphatic heterocycles. The molecule has 1 heterocycles. The number of carbonyl (C=O) groups is 1. The SMILES string of the molecule is CC(C)N=CC(C(=O)O)=C(O)c1cc(F)c(Cl)nc1Cl. The van der Waals surface area contributed by atoms with Gasteiger partial charge in [0, 0.05) is 12.3 Å². The second-order valence-electron chi connectivity index (χ2n) is 4.04. The van der Waals surface area contributed by atoms with Crippen molar-refractivity contribution in [2.45, 2.75) is 19.9 Å². The number of hydrogen-bond donors (Lipinski definition) is 2. The van der Waals surface area contributed by atoms with E-state index in [1.807, 2.05) is 0 Å². The Hall–Kier alpha value is -1.66. The number of pyridine rings is 1. The molecule has 1 aromatic heterocycles. The van der Waals surface area contributed by atoms with E-state index in [0.717, 1.165) is 12.3 Å². The first-order chi connectivity index (χ1) is 9.23. The number of aliphatic carboxylic acids is 1. The van der Waals surface area contributed by atoms with Crippen molar-refractivity contribution >= 4 is 41.1 Å². The van der Waals surface area contributed by atoms with Crippen molar-refractivity contribution < 1.29 is 19.4 Å². The first-order valence-corrected chi connectivity index (χ1v) is 6.21. The lowest BCUT2D eigenvalue weighted by molar-refractivity contribution is -0.132. The third kappa shape index (κ3) is 3.91. The quantitative estimate of drug-likeness (QED) is 0.385. The Labute approximate surface area is 124 Å². The van der Waals surface area contributed by atoms with Gasteiger partial charge in [-0.2, -0.15) is 0 Å². The summed E-state index contributed by atoms with van der Waals surface area (Å²) in [6.45, 7) is 3.45. The monoisotopic (exact) mass is 320 g/mol. The van der Waals surface area contributed by atoms with Crippen molar-refractivity contribution in [2.75, 3.05) is 0 Å². The minimum Gasteiger partial charge on any atom is -0.506 e. The Kier molecular flexibility index (Phi) is 5.47. The highest BCUT2D eigenvalue weighted by Gasteiger charge is 2.19. The number of aliphatic imine (C=N–C) groups is 1. The molecule has 0 bridgehead atoms. The Morgan fingerprint density at radius 1 is 1.40 bits per heavy atom. The van der Waals surface area contributed by atoms with E-state index < -0.39 is 28.3 Å². The zero-order chi connectivity index (χ0) is 15.4. The molecule has 0 amide bonds. The third-order valence-corrected chi connectivity index (χ3v) is 2.68. The molecule has 1 rings (SSSR count). The van der Waals surface area contributed by atoms with E-state index in [1.165, 1.54) is 0 Å². The summed E-state index contributed by atoms with van der Waals surface area (Å²) in [6.07, 6.45) is 0.977. The molecular formula is C12H11Cl2FN2O3. The van der Waals surface area contributed by atoms with Crippen LogP contribution in [0.15, 0.2) is 16.6 Å². The molecule has 8 heteroatoms. The number of aliphatic hydroxyl groups is 1. The molecule has 0 unspecified atom stereocenters. The van der Waals surface area contributed by atoms with Gasteiger partial charge in [-0.3, -0.25) is 4.99 Å². The van der Waals surface area contributed by atoms with Gasteiger partial charge in [0.25, 0.3) is 0 Å². The van der Waals surface area contributed by atoms with Crippen LogP contribution in [0.1, 0.15) is 19.4 Å². The number of carboxylic acids is 1. The lowest BCUT2D eigenvalue weighted by Gasteiger charge is -2.06. The number of rotatable bonds is 4. The third-order valence-electron chi connectivity index (χ3n) is 2.13.